The van der Waals surface area contributed by atoms with Crippen LogP contribution in [0.3, 0.4) is 0 Å². The quantitative estimate of drug-likeness (QED) is 0.320. The van der Waals surface area contributed by atoms with E-state index in [0.29, 0.717) is 31.5 Å². The molecule has 0 aliphatic rings. The number of rotatable bonds is 11. The average molecular weight is 408 g/mol. The summed E-state index contributed by atoms with van der Waals surface area (Å²) in [5.74, 6) is -1.21. The van der Waals surface area contributed by atoms with E-state index >= 15 is 0 Å². The number of esters is 1. The molecule has 1 atom stereocenters. The first kappa shape index (κ1) is 23.5. The van der Waals surface area contributed by atoms with Crippen LogP contribution in [0, 0.1) is 0 Å². The number of ether oxygens (including phenoxy) is 2. The average Bonchev–Trinajstić information content (AvgIpc) is 2.61. The lowest BCUT2D eigenvalue weighted by Crippen LogP contribution is -2.29. The van der Waals surface area contributed by atoms with Gasteiger partial charge in [0.25, 0.3) is 0 Å². The maximum absolute atomic E-state index is 13.4. The predicted molar refractivity (Wildman–Crippen MR) is 94.8 cm³/mol. The Morgan fingerprint density at radius 2 is 1.71 bits per heavy atom. The van der Waals surface area contributed by atoms with Gasteiger partial charge >= 0.3 is 18.4 Å². The lowest BCUT2D eigenvalue weighted by atomic mass is 10.1. The second-order valence-corrected chi connectivity index (χ2v) is 5.88. The maximum atomic E-state index is 13.4. The van der Waals surface area contributed by atoms with Crippen LogP contribution >= 0.6 is 0 Å². The van der Waals surface area contributed by atoms with Crippen molar-refractivity contribution >= 4 is 17.7 Å². The summed E-state index contributed by atoms with van der Waals surface area (Å²) in [7, 11) is 0. The van der Waals surface area contributed by atoms with E-state index in [1.807, 2.05) is 0 Å². The fraction of sp³-hybridized carbons (Fsp3) is 0.556. The van der Waals surface area contributed by atoms with E-state index in [1.54, 1.807) is 6.92 Å². The smallest absolute Gasteiger partial charge is 0.464 e. The molecule has 1 aromatic carbocycles. The number of hydrogen-bond acceptors (Lipinski definition) is 4. The topological polar surface area (TPSA) is 76.7 Å². The summed E-state index contributed by atoms with van der Waals surface area (Å²) in [6.07, 6.45) is -3.59. The van der Waals surface area contributed by atoms with E-state index in [4.69, 9.17) is 0 Å². The van der Waals surface area contributed by atoms with Crippen LogP contribution in [0.15, 0.2) is 24.3 Å². The number of hydrogen-bond donors (Lipinski definition) is 2. The van der Waals surface area contributed by atoms with Crippen LogP contribution in [0.2, 0.25) is 0 Å². The second-order valence-electron chi connectivity index (χ2n) is 5.88. The molecule has 0 radical (unpaired) electrons. The minimum absolute atomic E-state index is 0.112. The molecule has 1 unspecified atom stereocenters. The molecule has 2 N–H and O–H groups in total. The van der Waals surface area contributed by atoms with Gasteiger partial charge in [-0.05, 0) is 50.5 Å². The molecule has 0 aliphatic carbocycles. The van der Waals surface area contributed by atoms with Crippen molar-refractivity contribution in [1.82, 2.24) is 5.32 Å². The zero-order chi connectivity index (χ0) is 21.0. The highest BCUT2D eigenvalue weighted by Crippen LogP contribution is 2.23. The summed E-state index contributed by atoms with van der Waals surface area (Å²) in [6, 6.07) is 4.28. The van der Waals surface area contributed by atoms with E-state index in [2.05, 4.69) is 20.1 Å². The number of anilines is 1. The Bertz CT molecular complexity index is 609. The van der Waals surface area contributed by atoms with Crippen molar-refractivity contribution in [2.24, 2.45) is 0 Å². The van der Waals surface area contributed by atoms with Gasteiger partial charge in [0.15, 0.2) is 6.17 Å². The maximum Gasteiger partial charge on any atom is 0.573 e. The molecule has 1 rings (SSSR count). The van der Waals surface area contributed by atoms with Gasteiger partial charge in [-0.1, -0.05) is 12.8 Å². The standard InChI is InChI=1S/C18H24F4N2O4/c1-2-27-16(25)15(19)7-5-3-4-6-12-23-17(26)24-13-8-10-14(11-9-13)28-18(20,21)22/h8-11,15H,2-7,12H2,1H3,(H2,23,24,26). The summed E-state index contributed by atoms with van der Waals surface area (Å²) in [6.45, 7) is 2.15. The number of benzene rings is 1. The van der Waals surface area contributed by atoms with Crippen molar-refractivity contribution in [3.05, 3.63) is 24.3 Å². The zero-order valence-electron chi connectivity index (χ0n) is 15.5. The van der Waals surface area contributed by atoms with Crippen LogP contribution in [0.4, 0.5) is 28.0 Å². The minimum Gasteiger partial charge on any atom is -0.464 e. The summed E-state index contributed by atoms with van der Waals surface area (Å²) >= 11 is 0. The molecule has 0 aliphatic heterocycles. The normalized spacial score (nSPS) is 12.2. The van der Waals surface area contributed by atoms with E-state index in [0.717, 1.165) is 18.6 Å². The van der Waals surface area contributed by atoms with Crippen LogP contribution in [0.5, 0.6) is 5.75 Å². The lowest BCUT2D eigenvalue weighted by molar-refractivity contribution is -0.274. The van der Waals surface area contributed by atoms with Gasteiger partial charge < -0.3 is 20.1 Å². The van der Waals surface area contributed by atoms with Crippen molar-refractivity contribution in [3.63, 3.8) is 0 Å². The van der Waals surface area contributed by atoms with E-state index in [9.17, 15) is 27.2 Å². The van der Waals surface area contributed by atoms with Crippen molar-refractivity contribution in [3.8, 4) is 5.75 Å². The van der Waals surface area contributed by atoms with Crippen LogP contribution in [0.25, 0.3) is 0 Å². The molecule has 0 bridgehead atoms. The van der Waals surface area contributed by atoms with E-state index < -0.39 is 24.5 Å². The molecule has 0 aromatic heterocycles. The Morgan fingerprint density at radius 1 is 1.07 bits per heavy atom. The minimum atomic E-state index is -4.77. The molecule has 1 aromatic rings. The highest BCUT2D eigenvalue weighted by Gasteiger charge is 2.30. The van der Waals surface area contributed by atoms with Gasteiger partial charge in [-0.25, -0.2) is 14.0 Å². The third-order valence-corrected chi connectivity index (χ3v) is 3.56. The molecule has 0 spiro atoms. The van der Waals surface area contributed by atoms with Crippen LogP contribution in [-0.2, 0) is 9.53 Å². The largest absolute Gasteiger partial charge is 0.573 e. The van der Waals surface area contributed by atoms with Gasteiger partial charge in [0.2, 0.25) is 0 Å². The molecule has 6 nitrogen and oxygen atoms in total. The van der Waals surface area contributed by atoms with Gasteiger partial charge in [0.1, 0.15) is 5.75 Å². The molecule has 0 heterocycles. The lowest BCUT2D eigenvalue weighted by Gasteiger charge is -2.10. The first-order valence-electron chi connectivity index (χ1n) is 8.92. The number of nitrogens with one attached hydrogen (secondary N) is 2. The Balaban J connectivity index is 2.13. The SMILES string of the molecule is CCOC(=O)C(F)CCCCCCNC(=O)Nc1ccc(OC(F)(F)F)cc1. The van der Waals surface area contributed by atoms with Crippen LogP contribution in [-0.4, -0.2) is 37.7 Å². The fourth-order valence-electron chi connectivity index (χ4n) is 2.27. The number of unbranched alkanes of at least 4 members (excludes halogenated alkanes) is 3. The highest BCUT2D eigenvalue weighted by atomic mass is 19.4. The van der Waals surface area contributed by atoms with Crippen molar-refractivity contribution < 1.29 is 36.6 Å². The number of urea groups is 1. The number of carbonyl (C=O) groups excluding carboxylic acids is 2. The first-order valence-corrected chi connectivity index (χ1v) is 8.92. The van der Waals surface area contributed by atoms with Gasteiger partial charge in [0.05, 0.1) is 6.61 Å². The summed E-state index contributed by atoms with van der Waals surface area (Å²) in [5.41, 5.74) is 0.319. The zero-order valence-corrected chi connectivity index (χ0v) is 15.5. The van der Waals surface area contributed by atoms with Crippen molar-refractivity contribution in [2.45, 2.75) is 51.6 Å². The van der Waals surface area contributed by atoms with Crippen molar-refractivity contribution in [1.29, 1.82) is 0 Å². The molecule has 10 heteroatoms. The van der Waals surface area contributed by atoms with Gasteiger partial charge in [-0.2, -0.15) is 0 Å². The molecule has 28 heavy (non-hydrogen) atoms. The number of amides is 2. The first-order chi connectivity index (χ1) is 13.2. The Labute approximate surface area is 160 Å². The molecular formula is C18H24F4N2O4. The number of carbonyl (C=O) groups is 2. The Hall–Kier alpha value is -2.52. The van der Waals surface area contributed by atoms with Crippen LogP contribution < -0.4 is 15.4 Å². The molecule has 158 valence electrons. The molecular weight excluding hydrogens is 384 g/mol. The monoisotopic (exact) mass is 408 g/mol. The molecule has 0 saturated carbocycles. The highest BCUT2D eigenvalue weighted by molar-refractivity contribution is 5.89. The number of alkyl halides is 4. The predicted octanol–water partition coefficient (Wildman–Crippen LogP) is 4.56. The molecule has 0 saturated heterocycles. The Kier molecular flexibility index (Phi) is 10.1. The number of halogens is 4. The Morgan fingerprint density at radius 3 is 2.32 bits per heavy atom. The third-order valence-electron chi connectivity index (χ3n) is 3.56. The van der Waals surface area contributed by atoms with Crippen molar-refractivity contribution in [2.75, 3.05) is 18.5 Å². The summed E-state index contributed by atoms with van der Waals surface area (Å²) in [5, 5.41) is 5.09. The van der Waals surface area contributed by atoms with E-state index in [-0.39, 0.29) is 18.8 Å². The third kappa shape index (κ3) is 10.6. The molecule has 2 amide bonds. The fourth-order valence-corrected chi connectivity index (χ4v) is 2.27. The second kappa shape index (κ2) is 12.0. The summed E-state index contributed by atoms with van der Waals surface area (Å²) in [4.78, 5) is 22.8. The summed E-state index contributed by atoms with van der Waals surface area (Å²) < 4.78 is 57.9. The molecule has 0 fully saturated rings. The van der Waals surface area contributed by atoms with E-state index in [1.165, 1.54) is 12.1 Å². The van der Waals surface area contributed by atoms with Gasteiger partial charge in [-0.15, -0.1) is 13.2 Å². The van der Waals surface area contributed by atoms with Gasteiger partial charge in [-0.3, -0.25) is 0 Å². The van der Waals surface area contributed by atoms with Crippen LogP contribution in [0.1, 0.15) is 39.0 Å². The van der Waals surface area contributed by atoms with Gasteiger partial charge in [0, 0.05) is 12.2 Å².